The number of hydrogen-bond acceptors (Lipinski definition) is 5. The number of carbonyl (C=O) groups excluding carboxylic acids is 1. The van der Waals surface area contributed by atoms with Crippen LogP contribution >= 0.6 is 0 Å². The van der Waals surface area contributed by atoms with E-state index in [1.807, 2.05) is 13.8 Å². The fourth-order valence-corrected chi connectivity index (χ4v) is 4.64. The standard InChI is InChI=1S/C18H26N2O5S/c1-3-13(2)19-18(21)14-6-8-20(9-7-14)26(22,23)15-4-5-16-17(12-15)25-11-10-24-16/h4-5,12-14H,3,6-11H2,1-2H3,(H,19,21)/t13-/m0/s1. The Bertz CT molecular complexity index is 757. The lowest BCUT2D eigenvalue weighted by atomic mass is 9.97. The van der Waals surface area contributed by atoms with Crippen LogP contribution in [0.1, 0.15) is 33.1 Å². The molecular formula is C18H26N2O5S. The van der Waals surface area contributed by atoms with Crippen LogP contribution in [0.4, 0.5) is 0 Å². The molecule has 0 saturated carbocycles. The smallest absolute Gasteiger partial charge is 0.243 e. The summed E-state index contributed by atoms with van der Waals surface area (Å²) in [6, 6.07) is 4.84. The van der Waals surface area contributed by atoms with E-state index >= 15 is 0 Å². The first kappa shape index (κ1) is 19.0. The van der Waals surface area contributed by atoms with Crippen molar-refractivity contribution in [3.05, 3.63) is 18.2 Å². The van der Waals surface area contributed by atoms with Crippen LogP contribution in [0.25, 0.3) is 0 Å². The Labute approximate surface area is 154 Å². The predicted molar refractivity (Wildman–Crippen MR) is 96.8 cm³/mol. The Kier molecular flexibility index (Phi) is 5.72. The monoisotopic (exact) mass is 382 g/mol. The highest BCUT2D eigenvalue weighted by Gasteiger charge is 2.33. The summed E-state index contributed by atoms with van der Waals surface area (Å²) >= 11 is 0. The second kappa shape index (κ2) is 7.84. The van der Waals surface area contributed by atoms with Gasteiger partial charge in [0.15, 0.2) is 11.5 Å². The molecule has 0 unspecified atom stereocenters. The molecule has 1 atom stereocenters. The zero-order chi connectivity index (χ0) is 18.7. The van der Waals surface area contributed by atoms with Crippen molar-refractivity contribution < 1.29 is 22.7 Å². The summed E-state index contributed by atoms with van der Waals surface area (Å²) in [5.41, 5.74) is 0. The van der Waals surface area contributed by atoms with E-state index in [4.69, 9.17) is 9.47 Å². The second-order valence-corrected chi connectivity index (χ2v) is 8.74. The van der Waals surface area contributed by atoms with Crippen LogP contribution < -0.4 is 14.8 Å². The molecule has 2 heterocycles. The summed E-state index contributed by atoms with van der Waals surface area (Å²) in [5.74, 6) is 0.919. The first-order valence-electron chi connectivity index (χ1n) is 9.12. The fourth-order valence-electron chi connectivity index (χ4n) is 3.15. The third-order valence-corrected chi connectivity index (χ3v) is 6.87. The van der Waals surface area contributed by atoms with Gasteiger partial charge in [0.1, 0.15) is 13.2 Å². The molecule has 1 N–H and O–H groups in total. The van der Waals surface area contributed by atoms with E-state index in [0.29, 0.717) is 50.6 Å². The molecule has 2 aliphatic rings. The summed E-state index contributed by atoms with van der Waals surface area (Å²) in [5, 5.41) is 2.98. The van der Waals surface area contributed by atoms with E-state index in [0.717, 1.165) is 6.42 Å². The molecule has 0 radical (unpaired) electrons. The van der Waals surface area contributed by atoms with Crippen LogP contribution in [0.3, 0.4) is 0 Å². The fraction of sp³-hybridized carbons (Fsp3) is 0.611. The number of carbonyl (C=O) groups is 1. The minimum atomic E-state index is -3.61. The lowest BCUT2D eigenvalue weighted by molar-refractivity contribution is -0.126. The molecule has 8 heteroatoms. The summed E-state index contributed by atoms with van der Waals surface area (Å²) in [6.07, 6.45) is 1.95. The lowest BCUT2D eigenvalue weighted by Gasteiger charge is -2.31. The highest BCUT2D eigenvalue weighted by Crippen LogP contribution is 2.34. The van der Waals surface area contributed by atoms with Gasteiger partial charge in [-0.1, -0.05) is 6.92 Å². The van der Waals surface area contributed by atoms with Crippen molar-refractivity contribution in [3.8, 4) is 11.5 Å². The number of hydrogen-bond donors (Lipinski definition) is 1. The van der Waals surface area contributed by atoms with Crippen LogP contribution in [-0.2, 0) is 14.8 Å². The maximum atomic E-state index is 12.9. The molecular weight excluding hydrogens is 356 g/mol. The van der Waals surface area contributed by atoms with Crippen molar-refractivity contribution in [1.82, 2.24) is 9.62 Å². The van der Waals surface area contributed by atoms with Gasteiger partial charge in [-0.15, -0.1) is 0 Å². The maximum absolute atomic E-state index is 12.9. The van der Waals surface area contributed by atoms with Gasteiger partial charge in [0.05, 0.1) is 4.90 Å². The lowest BCUT2D eigenvalue weighted by Crippen LogP contribution is -2.44. The summed E-state index contributed by atoms with van der Waals surface area (Å²) in [4.78, 5) is 12.4. The van der Waals surface area contributed by atoms with Crippen molar-refractivity contribution in [3.63, 3.8) is 0 Å². The molecule has 0 bridgehead atoms. The van der Waals surface area contributed by atoms with Gasteiger partial charge in [0.2, 0.25) is 15.9 Å². The Morgan fingerprint density at radius 2 is 1.88 bits per heavy atom. The van der Waals surface area contributed by atoms with Crippen molar-refractivity contribution in [2.45, 2.75) is 44.0 Å². The number of fused-ring (bicyclic) bond motifs is 1. The molecule has 0 spiro atoms. The van der Waals surface area contributed by atoms with E-state index in [9.17, 15) is 13.2 Å². The Morgan fingerprint density at radius 1 is 1.23 bits per heavy atom. The number of rotatable bonds is 5. The number of nitrogens with one attached hydrogen (secondary N) is 1. The molecule has 3 rings (SSSR count). The van der Waals surface area contributed by atoms with Gasteiger partial charge < -0.3 is 14.8 Å². The number of amides is 1. The van der Waals surface area contributed by atoms with E-state index in [1.165, 1.54) is 10.4 Å². The van der Waals surface area contributed by atoms with E-state index in [2.05, 4.69) is 5.32 Å². The topological polar surface area (TPSA) is 84.9 Å². The Morgan fingerprint density at radius 3 is 2.54 bits per heavy atom. The summed E-state index contributed by atoms with van der Waals surface area (Å²) in [6.45, 7) is 5.55. The van der Waals surface area contributed by atoms with E-state index < -0.39 is 10.0 Å². The van der Waals surface area contributed by atoms with Crippen molar-refractivity contribution in [2.24, 2.45) is 5.92 Å². The first-order valence-corrected chi connectivity index (χ1v) is 10.6. The molecule has 26 heavy (non-hydrogen) atoms. The molecule has 1 fully saturated rings. The number of ether oxygens (including phenoxy) is 2. The summed E-state index contributed by atoms with van der Waals surface area (Å²) in [7, 11) is -3.61. The molecule has 1 aromatic carbocycles. The third kappa shape index (κ3) is 3.96. The highest BCUT2D eigenvalue weighted by molar-refractivity contribution is 7.89. The van der Waals surface area contributed by atoms with Gasteiger partial charge in [0, 0.05) is 31.1 Å². The van der Waals surface area contributed by atoms with Crippen LogP contribution in [0.2, 0.25) is 0 Å². The molecule has 1 amide bonds. The van der Waals surface area contributed by atoms with Crippen LogP contribution in [-0.4, -0.2) is 51.0 Å². The third-order valence-electron chi connectivity index (χ3n) is 4.98. The quantitative estimate of drug-likeness (QED) is 0.839. The number of sulfonamides is 1. The van der Waals surface area contributed by atoms with Crippen molar-refractivity contribution >= 4 is 15.9 Å². The number of benzene rings is 1. The zero-order valence-corrected chi connectivity index (χ0v) is 16.0. The number of piperidine rings is 1. The average molecular weight is 382 g/mol. The highest BCUT2D eigenvalue weighted by atomic mass is 32.2. The largest absolute Gasteiger partial charge is 0.486 e. The van der Waals surface area contributed by atoms with Gasteiger partial charge in [-0.3, -0.25) is 4.79 Å². The second-order valence-electron chi connectivity index (χ2n) is 6.80. The molecule has 7 nitrogen and oxygen atoms in total. The zero-order valence-electron chi connectivity index (χ0n) is 15.2. The SMILES string of the molecule is CC[C@H](C)NC(=O)C1CCN(S(=O)(=O)c2ccc3c(c2)OCCO3)CC1. The first-order chi connectivity index (χ1) is 12.4. The van der Waals surface area contributed by atoms with Gasteiger partial charge in [-0.25, -0.2) is 8.42 Å². The maximum Gasteiger partial charge on any atom is 0.243 e. The minimum Gasteiger partial charge on any atom is -0.486 e. The van der Waals surface area contributed by atoms with Gasteiger partial charge in [-0.05, 0) is 38.3 Å². The molecule has 1 saturated heterocycles. The van der Waals surface area contributed by atoms with Crippen LogP contribution in [0.15, 0.2) is 23.1 Å². The Balaban J connectivity index is 1.66. The molecule has 0 aliphatic carbocycles. The number of nitrogens with zero attached hydrogens (tertiary/aromatic N) is 1. The van der Waals surface area contributed by atoms with Gasteiger partial charge >= 0.3 is 0 Å². The van der Waals surface area contributed by atoms with Crippen molar-refractivity contribution in [2.75, 3.05) is 26.3 Å². The molecule has 2 aliphatic heterocycles. The van der Waals surface area contributed by atoms with Crippen LogP contribution in [0.5, 0.6) is 11.5 Å². The molecule has 144 valence electrons. The average Bonchev–Trinajstić information content (AvgIpc) is 2.67. The van der Waals surface area contributed by atoms with Crippen molar-refractivity contribution in [1.29, 1.82) is 0 Å². The van der Waals surface area contributed by atoms with Gasteiger partial charge in [-0.2, -0.15) is 4.31 Å². The normalized spacial score (nSPS) is 19.8. The van der Waals surface area contributed by atoms with Crippen LogP contribution in [0, 0.1) is 5.92 Å². The van der Waals surface area contributed by atoms with E-state index in [-0.39, 0.29) is 22.8 Å². The van der Waals surface area contributed by atoms with E-state index in [1.54, 1.807) is 12.1 Å². The minimum absolute atomic E-state index is 0.0238. The Hall–Kier alpha value is -1.80. The van der Waals surface area contributed by atoms with Gasteiger partial charge in [0.25, 0.3) is 0 Å². The predicted octanol–water partition coefficient (Wildman–Crippen LogP) is 1.77. The molecule has 1 aromatic rings. The summed E-state index contributed by atoms with van der Waals surface area (Å²) < 4.78 is 38.2. The molecule has 0 aromatic heterocycles.